The van der Waals surface area contributed by atoms with Gasteiger partial charge in [-0.2, -0.15) is 5.10 Å². The third-order valence-electron chi connectivity index (χ3n) is 4.56. The number of hydrogen-bond donors (Lipinski definition) is 2. The van der Waals surface area contributed by atoms with Crippen molar-refractivity contribution in [3.8, 4) is 0 Å². The predicted octanol–water partition coefficient (Wildman–Crippen LogP) is 4.88. The topological polar surface area (TPSA) is 59.0 Å². The molecule has 0 fully saturated rings. The zero-order valence-electron chi connectivity index (χ0n) is 15.0. The molecule has 0 saturated carbocycles. The maximum Gasteiger partial charge on any atom is 0.255 e. The number of allylic oxidation sites excluding steroid dienone is 1. The van der Waals surface area contributed by atoms with E-state index in [1.54, 1.807) is 0 Å². The van der Waals surface area contributed by atoms with Crippen LogP contribution in [0.25, 0.3) is 0 Å². The minimum atomic E-state index is -0.286. The number of anilines is 2. The molecule has 0 radical (unpaired) electrons. The molecule has 0 unspecified atom stereocenters. The number of amides is 1. The number of halogens is 1. The number of carbonyl (C=O) groups excluding carboxylic acids is 1. The fourth-order valence-electron chi connectivity index (χ4n) is 3.36. The monoisotopic (exact) mass is 422 g/mol. The SMILES string of the molecule is CC1=C(C(=O)Nc2ccc(Br)cc2)[C@@H](c2ccccc2)n2nc(C)cc2N1. The number of aromatic nitrogens is 2. The fourth-order valence-corrected chi connectivity index (χ4v) is 3.63. The lowest BCUT2D eigenvalue weighted by Crippen LogP contribution is -2.31. The van der Waals surface area contributed by atoms with Crippen LogP contribution in [0.15, 0.2) is 76.4 Å². The van der Waals surface area contributed by atoms with Crippen molar-refractivity contribution in [2.45, 2.75) is 19.9 Å². The Bertz CT molecular complexity index is 1020. The number of benzene rings is 2. The molecule has 2 N–H and O–H groups in total. The van der Waals surface area contributed by atoms with Gasteiger partial charge in [0.05, 0.1) is 11.3 Å². The summed E-state index contributed by atoms with van der Waals surface area (Å²) in [5, 5.41) is 11.0. The quantitative estimate of drug-likeness (QED) is 0.631. The Labute approximate surface area is 166 Å². The van der Waals surface area contributed by atoms with Crippen molar-refractivity contribution in [1.29, 1.82) is 0 Å². The molecule has 1 atom stereocenters. The molecule has 1 aliphatic heterocycles. The summed E-state index contributed by atoms with van der Waals surface area (Å²) in [6.07, 6.45) is 0. The van der Waals surface area contributed by atoms with Gasteiger partial charge in [0.1, 0.15) is 11.9 Å². The molecule has 4 rings (SSSR count). The van der Waals surface area contributed by atoms with Crippen LogP contribution in [0.5, 0.6) is 0 Å². The molecule has 1 amide bonds. The summed E-state index contributed by atoms with van der Waals surface area (Å²) in [6, 6.07) is 19.2. The first-order valence-electron chi connectivity index (χ1n) is 8.69. The molecule has 27 heavy (non-hydrogen) atoms. The molecule has 1 aliphatic rings. The maximum atomic E-state index is 13.2. The van der Waals surface area contributed by atoms with Gasteiger partial charge in [-0.15, -0.1) is 0 Å². The highest BCUT2D eigenvalue weighted by Gasteiger charge is 2.33. The van der Waals surface area contributed by atoms with Crippen molar-refractivity contribution in [3.05, 3.63) is 87.7 Å². The maximum absolute atomic E-state index is 13.2. The van der Waals surface area contributed by atoms with Crippen LogP contribution < -0.4 is 10.6 Å². The second-order valence-corrected chi connectivity index (χ2v) is 7.47. The van der Waals surface area contributed by atoms with Gasteiger partial charge in [-0.05, 0) is 43.7 Å². The zero-order chi connectivity index (χ0) is 19.0. The first-order valence-corrected chi connectivity index (χ1v) is 9.48. The Morgan fingerprint density at radius 2 is 1.81 bits per heavy atom. The van der Waals surface area contributed by atoms with Gasteiger partial charge in [-0.3, -0.25) is 4.79 Å². The lowest BCUT2D eigenvalue weighted by molar-refractivity contribution is -0.113. The molecular weight excluding hydrogens is 404 g/mol. The first kappa shape index (κ1) is 17.5. The van der Waals surface area contributed by atoms with E-state index in [1.165, 1.54) is 0 Å². The Morgan fingerprint density at radius 1 is 1.11 bits per heavy atom. The van der Waals surface area contributed by atoms with E-state index in [4.69, 9.17) is 0 Å². The van der Waals surface area contributed by atoms with E-state index in [0.717, 1.165) is 32.9 Å². The van der Waals surface area contributed by atoms with E-state index in [1.807, 2.05) is 79.2 Å². The highest BCUT2D eigenvalue weighted by Crippen LogP contribution is 2.36. The summed E-state index contributed by atoms with van der Waals surface area (Å²) >= 11 is 3.41. The summed E-state index contributed by atoms with van der Waals surface area (Å²) in [7, 11) is 0. The van der Waals surface area contributed by atoms with Gasteiger partial charge in [0.15, 0.2) is 0 Å². The van der Waals surface area contributed by atoms with Gasteiger partial charge in [-0.25, -0.2) is 4.68 Å². The summed E-state index contributed by atoms with van der Waals surface area (Å²) in [6.45, 7) is 3.88. The van der Waals surface area contributed by atoms with Crippen molar-refractivity contribution in [2.75, 3.05) is 10.6 Å². The van der Waals surface area contributed by atoms with Crippen LogP contribution in [-0.4, -0.2) is 15.7 Å². The van der Waals surface area contributed by atoms with Crippen LogP contribution in [0.1, 0.15) is 24.2 Å². The standard InChI is InChI=1S/C21H19BrN4O/c1-13-12-18-23-14(2)19(21(27)24-17-10-8-16(22)9-11-17)20(26(18)25-13)15-6-4-3-5-7-15/h3-12,20,23H,1-2H3,(H,24,27)/t20-/m1/s1. The molecule has 1 aromatic heterocycles. The number of nitrogens with one attached hydrogen (secondary N) is 2. The summed E-state index contributed by atoms with van der Waals surface area (Å²) < 4.78 is 2.85. The van der Waals surface area contributed by atoms with Crippen molar-refractivity contribution < 1.29 is 4.79 Å². The molecule has 3 aromatic rings. The summed E-state index contributed by atoms with van der Waals surface area (Å²) in [5.41, 5.74) is 4.15. The van der Waals surface area contributed by atoms with Crippen molar-refractivity contribution in [3.63, 3.8) is 0 Å². The number of hydrogen-bond acceptors (Lipinski definition) is 3. The summed E-state index contributed by atoms with van der Waals surface area (Å²) in [5.74, 6) is 0.744. The molecular formula is C21H19BrN4O. The second kappa shape index (κ2) is 7.04. The van der Waals surface area contributed by atoms with E-state index in [2.05, 4.69) is 31.7 Å². The molecule has 0 aliphatic carbocycles. The third-order valence-corrected chi connectivity index (χ3v) is 5.09. The van der Waals surface area contributed by atoms with Gasteiger partial charge in [-0.1, -0.05) is 46.3 Å². The number of carbonyl (C=O) groups is 1. The van der Waals surface area contributed by atoms with Crippen molar-refractivity contribution >= 4 is 33.3 Å². The van der Waals surface area contributed by atoms with Crippen LogP contribution in [0.2, 0.25) is 0 Å². The van der Waals surface area contributed by atoms with Gasteiger partial charge in [0.2, 0.25) is 0 Å². The van der Waals surface area contributed by atoms with Gasteiger partial charge >= 0.3 is 0 Å². The third kappa shape index (κ3) is 3.40. The van der Waals surface area contributed by atoms with E-state index in [0.29, 0.717) is 5.57 Å². The molecule has 5 nitrogen and oxygen atoms in total. The molecule has 2 aromatic carbocycles. The molecule has 2 heterocycles. The van der Waals surface area contributed by atoms with E-state index in [9.17, 15) is 4.79 Å². The van der Waals surface area contributed by atoms with Crippen LogP contribution >= 0.6 is 15.9 Å². The number of fused-ring (bicyclic) bond motifs is 1. The number of aryl methyl sites for hydroxylation is 1. The smallest absolute Gasteiger partial charge is 0.255 e. The molecule has 136 valence electrons. The van der Waals surface area contributed by atoms with Crippen LogP contribution in [0.3, 0.4) is 0 Å². The Kier molecular flexibility index (Phi) is 4.58. The molecule has 0 saturated heterocycles. The van der Waals surface area contributed by atoms with Gasteiger partial charge in [0.25, 0.3) is 5.91 Å². The lowest BCUT2D eigenvalue weighted by Gasteiger charge is -2.29. The first-order chi connectivity index (χ1) is 13.0. The number of nitrogens with zero attached hydrogens (tertiary/aromatic N) is 2. The highest BCUT2D eigenvalue weighted by atomic mass is 79.9. The van der Waals surface area contributed by atoms with Crippen molar-refractivity contribution in [1.82, 2.24) is 9.78 Å². The Morgan fingerprint density at radius 3 is 2.52 bits per heavy atom. The largest absolute Gasteiger partial charge is 0.344 e. The van der Waals surface area contributed by atoms with Crippen LogP contribution in [-0.2, 0) is 4.79 Å². The predicted molar refractivity (Wildman–Crippen MR) is 111 cm³/mol. The van der Waals surface area contributed by atoms with Crippen LogP contribution in [0.4, 0.5) is 11.5 Å². The Balaban J connectivity index is 1.76. The zero-order valence-corrected chi connectivity index (χ0v) is 16.6. The van der Waals surface area contributed by atoms with E-state index < -0.39 is 0 Å². The Hall–Kier alpha value is -2.86. The van der Waals surface area contributed by atoms with Gasteiger partial charge in [0, 0.05) is 21.9 Å². The normalized spacial score (nSPS) is 15.9. The average molecular weight is 423 g/mol. The van der Waals surface area contributed by atoms with E-state index >= 15 is 0 Å². The van der Waals surface area contributed by atoms with E-state index in [-0.39, 0.29) is 11.9 Å². The van der Waals surface area contributed by atoms with Crippen molar-refractivity contribution in [2.24, 2.45) is 0 Å². The second-order valence-electron chi connectivity index (χ2n) is 6.55. The minimum absolute atomic E-state index is 0.144. The van der Waals surface area contributed by atoms with Gasteiger partial charge < -0.3 is 10.6 Å². The number of rotatable bonds is 3. The summed E-state index contributed by atoms with van der Waals surface area (Å²) in [4.78, 5) is 13.2. The molecule has 0 bridgehead atoms. The molecule has 0 spiro atoms. The lowest BCUT2D eigenvalue weighted by atomic mass is 9.95. The minimum Gasteiger partial charge on any atom is -0.344 e. The van der Waals surface area contributed by atoms with Crippen LogP contribution in [0, 0.1) is 6.92 Å². The average Bonchev–Trinajstić information content (AvgIpc) is 3.02. The molecule has 6 heteroatoms. The fraction of sp³-hybridized carbons (Fsp3) is 0.143. The highest BCUT2D eigenvalue weighted by molar-refractivity contribution is 9.10.